The van der Waals surface area contributed by atoms with Crippen molar-refractivity contribution in [2.75, 3.05) is 0 Å². The van der Waals surface area contributed by atoms with Gasteiger partial charge in [-0.15, -0.1) is 6.58 Å². The fourth-order valence-electron chi connectivity index (χ4n) is 1.03. The van der Waals surface area contributed by atoms with Crippen LogP contribution in [0, 0.1) is 4.64 Å². The van der Waals surface area contributed by atoms with Crippen LogP contribution >= 0.6 is 12.2 Å². The van der Waals surface area contributed by atoms with Crippen LogP contribution < -0.4 is 5.73 Å². The summed E-state index contributed by atoms with van der Waals surface area (Å²) in [6.07, 6.45) is 4.35. The number of pyridine rings is 1. The van der Waals surface area contributed by atoms with Crippen molar-refractivity contribution in [3.63, 3.8) is 0 Å². The first-order chi connectivity index (χ1) is 5.75. The minimum Gasteiger partial charge on any atom is -0.353 e. The van der Waals surface area contributed by atoms with Gasteiger partial charge in [0.2, 0.25) is 0 Å². The predicted octanol–water partition coefficient (Wildman–Crippen LogP) is 2.32. The third-order valence-corrected chi connectivity index (χ3v) is 2.02. The molecule has 0 radical (unpaired) electrons. The number of nitrogens with one attached hydrogen (secondary N) is 1. The molecular formula is C9H12N2S. The van der Waals surface area contributed by atoms with Gasteiger partial charge in [-0.1, -0.05) is 24.4 Å². The summed E-state index contributed by atoms with van der Waals surface area (Å²) in [5.74, 6) is 0. The Morgan fingerprint density at radius 1 is 1.75 bits per heavy atom. The smallest absolute Gasteiger partial charge is 0.108 e. The molecule has 0 spiro atoms. The Bertz CT molecular complexity index is 316. The number of aromatic nitrogens is 1. The monoisotopic (exact) mass is 180 g/mol. The molecule has 3 N–H and O–H groups in total. The van der Waals surface area contributed by atoms with Crippen molar-refractivity contribution in [3.05, 3.63) is 41.2 Å². The molecule has 1 aromatic heterocycles. The summed E-state index contributed by atoms with van der Waals surface area (Å²) < 4.78 is 0.715. The Hall–Kier alpha value is -0.930. The first-order valence-corrected chi connectivity index (χ1v) is 4.20. The molecule has 0 aliphatic rings. The lowest BCUT2D eigenvalue weighted by Gasteiger charge is -2.08. The van der Waals surface area contributed by atoms with E-state index in [1.165, 1.54) is 0 Å². The van der Waals surface area contributed by atoms with Crippen molar-refractivity contribution in [1.29, 1.82) is 0 Å². The van der Waals surface area contributed by atoms with Gasteiger partial charge < -0.3 is 10.7 Å². The molecule has 0 aliphatic carbocycles. The number of hydrogen-bond donors (Lipinski definition) is 2. The van der Waals surface area contributed by atoms with E-state index in [4.69, 9.17) is 18.0 Å². The average Bonchev–Trinajstić information content (AvgIpc) is 2.05. The second-order valence-corrected chi connectivity index (χ2v) is 2.99. The van der Waals surface area contributed by atoms with E-state index < -0.39 is 0 Å². The molecule has 1 rings (SSSR count). The normalized spacial score (nSPS) is 12.4. The van der Waals surface area contributed by atoms with E-state index in [0.29, 0.717) is 4.64 Å². The summed E-state index contributed by atoms with van der Waals surface area (Å²) in [6, 6.07) is 3.80. The van der Waals surface area contributed by atoms with Crippen molar-refractivity contribution in [3.8, 4) is 0 Å². The van der Waals surface area contributed by atoms with Gasteiger partial charge in [-0.3, -0.25) is 0 Å². The molecule has 1 unspecified atom stereocenters. The fourth-order valence-corrected chi connectivity index (χ4v) is 1.32. The van der Waals surface area contributed by atoms with Crippen LogP contribution in [-0.4, -0.2) is 4.98 Å². The topological polar surface area (TPSA) is 41.8 Å². The van der Waals surface area contributed by atoms with Crippen LogP contribution in [0.2, 0.25) is 0 Å². The Kier molecular flexibility index (Phi) is 3.19. The van der Waals surface area contributed by atoms with E-state index in [9.17, 15) is 0 Å². The van der Waals surface area contributed by atoms with Gasteiger partial charge in [-0.2, -0.15) is 0 Å². The minimum absolute atomic E-state index is 0.0348. The SMILES string of the molecule is C=CCC(N)c1ccc[nH]c1=S. The molecule has 3 heteroatoms. The highest BCUT2D eigenvalue weighted by molar-refractivity contribution is 7.71. The van der Waals surface area contributed by atoms with Gasteiger partial charge in [0.05, 0.1) is 0 Å². The van der Waals surface area contributed by atoms with Crippen LogP contribution in [0.3, 0.4) is 0 Å². The van der Waals surface area contributed by atoms with E-state index in [1.54, 1.807) is 12.3 Å². The largest absolute Gasteiger partial charge is 0.353 e. The molecular weight excluding hydrogens is 168 g/mol. The van der Waals surface area contributed by atoms with Crippen LogP contribution in [0.4, 0.5) is 0 Å². The van der Waals surface area contributed by atoms with Crippen LogP contribution in [0.1, 0.15) is 18.0 Å². The van der Waals surface area contributed by atoms with Crippen molar-refractivity contribution in [2.45, 2.75) is 12.5 Å². The fraction of sp³-hybridized carbons (Fsp3) is 0.222. The molecule has 64 valence electrons. The van der Waals surface area contributed by atoms with Crippen LogP contribution in [0.5, 0.6) is 0 Å². The zero-order chi connectivity index (χ0) is 8.97. The van der Waals surface area contributed by atoms with E-state index in [0.717, 1.165) is 12.0 Å². The second-order valence-electron chi connectivity index (χ2n) is 2.59. The number of aromatic amines is 1. The molecule has 0 saturated heterocycles. The maximum atomic E-state index is 5.85. The minimum atomic E-state index is -0.0348. The molecule has 0 fully saturated rings. The zero-order valence-corrected chi connectivity index (χ0v) is 7.60. The quantitative estimate of drug-likeness (QED) is 0.553. The Labute approximate surface area is 77.1 Å². The highest BCUT2D eigenvalue weighted by Gasteiger charge is 2.04. The summed E-state index contributed by atoms with van der Waals surface area (Å²) in [6.45, 7) is 3.63. The first-order valence-electron chi connectivity index (χ1n) is 3.79. The molecule has 2 nitrogen and oxygen atoms in total. The van der Waals surface area contributed by atoms with Crippen molar-refractivity contribution >= 4 is 12.2 Å². The highest BCUT2D eigenvalue weighted by Crippen LogP contribution is 2.13. The van der Waals surface area contributed by atoms with E-state index in [2.05, 4.69) is 11.6 Å². The van der Waals surface area contributed by atoms with Crippen molar-refractivity contribution < 1.29 is 0 Å². The molecule has 1 atom stereocenters. The van der Waals surface area contributed by atoms with Gasteiger partial charge in [0.15, 0.2) is 0 Å². The Morgan fingerprint density at radius 2 is 2.50 bits per heavy atom. The van der Waals surface area contributed by atoms with Crippen LogP contribution in [-0.2, 0) is 0 Å². The van der Waals surface area contributed by atoms with Gasteiger partial charge >= 0.3 is 0 Å². The zero-order valence-electron chi connectivity index (χ0n) is 6.79. The third-order valence-electron chi connectivity index (χ3n) is 1.67. The predicted molar refractivity (Wildman–Crippen MR) is 53.4 cm³/mol. The van der Waals surface area contributed by atoms with Gasteiger partial charge in [0.1, 0.15) is 4.64 Å². The number of nitrogens with two attached hydrogens (primary N) is 1. The van der Waals surface area contributed by atoms with Gasteiger partial charge in [0.25, 0.3) is 0 Å². The van der Waals surface area contributed by atoms with E-state index >= 15 is 0 Å². The molecule has 0 bridgehead atoms. The Morgan fingerprint density at radius 3 is 3.08 bits per heavy atom. The third kappa shape index (κ3) is 2.03. The lowest BCUT2D eigenvalue weighted by molar-refractivity contribution is 0.734. The van der Waals surface area contributed by atoms with Crippen LogP contribution in [0.15, 0.2) is 31.0 Å². The molecule has 1 heterocycles. The molecule has 12 heavy (non-hydrogen) atoms. The summed E-state index contributed by atoms with van der Waals surface area (Å²) in [5.41, 5.74) is 6.83. The summed E-state index contributed by atoms with van der Waals surface area (Å²) in [4.78, 5) is 2.94. The van der Waals surface area contributed by atoms with Gasteiger partial charge in [-0.25, -0.2) is 0 Å². The molecule has 0 aliphatic heterocycles. The standard InChI is InChI=1S/C9H12N2S/c1-2-4-8(10)7-5-3-6-11-9(7)12/h2-3,5-6,8H,1,4,10H2,(H,11,12). The lowest BCUT2D eigenvalue weighted by Crippen LogP contribution is -2.09. The summed E-state index contributed by atoms with van der Waals surface area (Å²) in [7, 11) is 0. The van der Waals surface area contributed by atoms with E-state index in [-0.39, 0.29) is 6.04 Å². The summed E-state index contributed by atoms with van der Waals surface area (Å²) >= 11 is 5.07. The highest BCUT2D eigenvalue weighted by atomic mass is 32.1. The maximum absolute atomic E-state index is 5.85. The summed E-state index contributed by atoms with van der Waals surface area (Å²) in [5, 5.41) is 0. The average molecular weight is 180 g/mol. The van der Waals surface area contributed by atoms with Crippen molar-refractivity contribution in [1.82, 2.24) is 4.98 Å². The molecule has 1 aromatic rings. The van der Waals surface area contributed by atoms with Crippen LogP contribution in [0.25, 0.3) is 0 Å². The van der Waals surface area contributed by atoms with E-state index in [1.807, 2.05) is 12.1 Å². The maximum Gasteiger partial charge on any atom is 0.108 e. The lowest BCUT2D eigenvalue weighted by atomic mass is 10.1. The number of H-pyrrole nitrogens is 1. The first kappa shape index (κ1) is 9.16. The second kappa shape index (κ2) is 4.18. The molecule has 0 saturated carbocycles. The van der Waals surface area contributed by atoms with Gasteiger partial charge in [-0.05, 0) is 12.5 Å². The molecule has 0 amide bonds. The number of hydrogen-bond acceptors (Lipinski definition) is 2. The number of rotatable bonds is 3. The Balaban J connectivity index is 2.94. The van der Waals surface area contributed by atoms with Gasteiger partial charge in [0, 0.05) is 17.8 Å². The van der Waals surface area contributed by atoms with Crippen molar-refractivity contribution in [2.24, 2.45) is 5.73 Å². The molecule has 0 aromatic carbocycles.